The van der Waals surface area contributed by atoms with Crippen LogP contribution in [0.2, 0.25) is 0 Å². The Morgan fingerprint density at radius 3 is 2.19 bits per heavy atom. The van der Waals surface area contributed by atoms with E-state index in [1.54, 1.807) is 41.8 Å². The van der Waals surface area contributed by atoms with E-state index in [0.717, 1.165) is 0 Å². The first-order chi connectivity index (χ1) is 10.0. The second kappa shape index (κ2) is 8.49. The minimum Gasteiger partial charge on any atom is -0.480 e. The Bertz CT molecular complexity index is 597. The molecule has 21 heavy (non-hydrogen) atoms. The third-order valence-electron chi connectivity index (χ3n) is 2.24. The Balaban J connectivity index is 0.000000235. The van der Waals surface area contributed by atoms with Crippen LogP contribution in [0.3, 0.4) is 0 Å². The van der Waals surface area contributed by atoms with Crippen LogP contribution in [0.25, 0.3) is 0 Å². The lowest BCUT2D eigenvalue weighted by atomic mass is 10.2. The summed E-state index contributed by atoms with van der Waals surface area (Å²) in [6.07, 6.45) is 0. The summed E-state index contributed by atoms with van der Waals surface area (Å²) >= 11 is 1.47. The summed E-state index contributed by atoms with van der Waals surface area (Å²) < 4.78 is 0. The maximum absolute atomic E-state index is 11.2. The summed E-state index contributed by atoms with van der Waals surface area (Å²) in [7, 11) is 0. The predicted octanol–water partition coefficient (Wildman–Crippen LogP) is 1.35. The highest BCUT2D eigenvalue weighted by molar-refractivity contribution is 7.08. The van der Waals surface area contributed by atoms with Crippen molar-refractivity contribution in [2.45, 2.75) is 0 Å². The van der Waals surface area contributed by atoms with Crippen LogP contribution in [0, 0.1) is 0 Å². The first-order valence-corrected chi connectivity index (χ1v) is 6.82. The molecule has 0 spiro atoms. The van der Waals surface area contributed by atoms with Crippen molar-refractivity contribution in [2.24, 2.45) is 5.73 Å². The number of benzene rings is 1. The largest absolute Gasteiger partial charge is 0.480 e. The van der Waals surface area contributed by atoms with Gasteiger partial charge in [-0.15, -0.1) is 0 Å². The number of primary amides is 1. The number of hydrogen-bond donors (Lipinski definition) is 3. The molecule has 0 atom stereocenters. The Kier molecular flexibility index (Phi) is 6.62. The summed E-state index contributed by atoms with van der Waals surface area (Å²) in [5.74, 6) is -1.78. The smallest absolute Gasteiger partial charge is 0.322 e. The third-order valence-corrected chi connectivity index (χ3v) is 2.93. The van der Waals surface area contributed by atoms with Gasteiger partial charge in [-0.3, -0.25) is 14.4 Å². The van der Waals surface area contributed by atoms with Crippen LogP contribution in [0.1, 0.15) is 20.7 Å². The Labute approximate surface area is 125 Å². The van der Waals surface area contributed by atoms with E-state index in [1.807, 2.05) is 5.38 Å². The van der Waals surface area contributed by atoms with Crippen molar-refractivity contribution in [2.75, 3.05) is 6.54 Å². The fourth-order valence-corrected chi connectivity index (χ4v) is 1.90. The molecule has 6 nitrogen and oxygen atoms in total. The number of carbonyl (C=O) groups is 3. The monoisotopic (exact) mass is 306 g/mol. The van der Waals surface area contributed by atoms with Gasteiger partial charge in [-0.05, 0) is 23.6 Å². The molecule has 0 radical (unpaired) electrons. The average molecular weight is 306 g/mol. The van der Waals surface area contributed by atoms with Gasteiger partial charge >= 0.3 is 5.97 Å². The van der Waals surface area contributed by atoms with Crippen LogP contribution in [-0.4, -0.2) is 29.4 Å². The van der Waals surface area contributed by atoms with Crippen molar-refractivity contribution in [1.82, 2.24) is 5.32 Å². The van der Waals surface area contributed by atoms with Gasteiger partial charge in [-0.25, -0.2) is 0 Å². The van der Waals surface area contributed by atoms with Gasteiger partial charge in [0.2, 0.25) is 5.91 Å². The lowest BCUT2D eigenvalue weighted by molar-refractivity contribution is -0.135. The van der Waals surface area contributed by atoms with Gasteiger partial charge in [-0.2, -0.15) is 11.3 Å². The van der Waals surface area contributed by atoms with Gasteiger partial charge in [0, 0.05) is 16.5 Å². The fraction of sp³-hybridized carbons (Fsp3) is 0.0714. The third kappa shape index (κ3) is 6.35. The van der Waals surface area contributed by atoms with Crippen LogP contribution < -0.4 is 11.1 Å². The van der Waals surface area contributed by atoms with Crippen LogP contribution in [-0.2, 0) is 4.79 Å². The Morgan fingerprint density at radius 2 is 1.76 bits per heavy atom. The SMILES string of the molecule is NC(=O)c1ccsc1.O=C(O)CNC(=O)c1ccccc1. The molecule has 110 valence electrons. The van der Waals surface area contributed by atoms with Gasteiger partial charge in [0.15, 0.2) is 0 Å². The summed E-state index contributed by atoms with van der Waals surface area (Å²) in [6.45, 7) is -0.353. The van der Waals surface area contributed by atoms with E-state index in [9.17, 15) is 14.4 Å². The number of hydrogen-bond acceptors (Lipinski definition) is 4. The summed E-state index contributed by atoms with van der Waals surface area (Å²) in [6, 6.07) is 10.2. The van der Waals surface area contributed by atoms with Gasteiger partial charge < -0.3 is 16.2 Å². The summed E-state index contributed by atoms with van der Waals surface area (Å²) in [5, 5.41) is 14.1. The molecule has 1 heterocycles. The highest BCUT2D eigenvalue weighted by atomic mass is 32.1. The van der Waals surface area contributed by atoms with Crippen LogP contribution in [0.4, 0.5) is 0 Å². The number of carbonyl (C=O) groups excluding carboxylic acids is 2. The molecule has 0 unspecified atom stereocenters. The minimum absolute atomic E-state index is 0.353. The number of aliphatic carboxylic acids is 1. The number of rotatable bonds is 4. The van der Waals surface area contributed by atoms with E-state index in [2.05, 4.69) is 5.32 Å². The van der Waals surface area contributed by atoms with Crippen molar-refractivity contribution in [3.63, 3.8) is 0 Å². The van der Waals surface area contributed by atoms with Crippen LogP contribution >= 0.6 is 11.3 Å². The molecule has 0 fully saturated rings. The molecule has 0 saturated heterocycles. The Hall–Kier alpha value is -2.67. The molecule has 0 aliphatic heterocycles. The lowest BCUT2D eigenvalue weighted by Gasteiger charge is -2.00. The number of nitrogens with one attached hydrogen (secondary N) is 1. The topological polar surface area (TPSA) is 109 Å². The van der Waals surface area contributed by atoms with Crippen molar-refractivity contribution >= 4 is 29.1 Å². The Morgan fingerprint density at radius 1 is 1.10 bits per heavy atom. The molecule has 2 amide bonds. The van der Waals surface area contributed by atoms with Crippen LogP contribution in [0.15, 0.2) is 47.2 Å². The molecule has 2 rings (SSSR count). The minimum atomic E-state index is -1.05. The second-order valence-electron chi connectivity index (χ2n) is 3.82. The summed E-state index contributed by atoms with van der Waals surface area (Å²) in [5.41, 5.74) is 5.98. The molecule has 0 aliphatic rings. The number of carboxylic acid groups (broad SMARTS) is 1. The van der Waals surface area contributed by atoms with Gasteiger partial charge in [-0.1, -0.05) is 18.2 Å². The van der Waals surface area contributed by atoms with Crippen molar-refractivity contribution < 1.29 is 19.5 Å². The maximum Gasteiger partial charge on any atom is 0.322 e. The molecule has 1 aromatic carbocycles. The van der Waals surface area contributed by atoms with Gasteiger partial charge in [0.1, 0.15) is 6.54 Å². The molecular weight excluding hydrogens is 292 g/mol. The standard InChI is InChI=1S/C9H9NO3.C5H5NOS/c11-8(12)6-10-9(13)7-4-2-1-3-5-7;6-5(7)4-1-2-8-3-4/h1-5H,6H2,(H,10,13)(H,11,12);1-3H,(H2,6,7). The highest BCUT2D eigenvalue weighted by Crippen LogP contribution is 2.03. The quantitative estimate of drug-likeness (QED) is 0.792. The molecular formula is C14H14N2O4S. The van der Waals surface area contributed by atoms with E-state index in [1.165, 1.54) is 11.3 Å². The van der Waals surface area contributed by atoms with Crippen molar-refractivity contribution in [1.29, 1.82) is 0 Å². The fourth-order valence-electron chi connectivity index (χ4n) is 1.25. The molecule has 2 aromatic rings. The zero-order valence-electron chi connectivity index (χ0n) is 11.0. The number of carboxylic acids is 1. The number of thiophene rings is 1. The summed E-state index contributed by atoms with van der Waals surface area (Å²) in [4.78, 5) is 31.6. The zero-order valence-corrected chi connectivity index (χ0v) is 11.8. The normalized spacial score (nSPS) is 9.14. The van der Waals surface area contributed by atoms with Gasteiger partial charge in [0.05, 0.1) is 0 Å². The zero-order chi connectivity index (χ0) is 15.7. The first kappa shape index (κ1) is 16.4. The first-order valence-electron chi connectivity index (χ1n) is 5.87. The van der Waals surface area contributed by atoms with Crippen LogP contribution in [0.5, 0.6) is 0 Å². The highest BCUT2D eigenvalue weighted by Gasteiger charge is 2.04. The van der Waals surface area contributed by atoms with Crippen molar-refractivity contribution in [3.8, 4) is 0 Å². The predicted molar refractivity (Wildman–Crippen MR) is 79.2 cm³/mol. The molecule has 1 aromatic heterocycles. The number of nitrogens with two attached hydrogens (primary N) is 1. The van der Waals surface area contributed by atoms with E-state index in [4.69, 9.17) is 10.8 Å². The number of amides is 2. The lowest BCUT2D eigenvalue weighted by Crippen LogP contribution is -2.29. The molecule has 0 saturated carbocycles. The van der Waals surface area contributed by atoms with E-state index in [-0.39, 0.29) is 18.4 Å². The maximum atomic E-state index is 11.2. The molecule has 7 heteroatoms. The molecule has 4 N–H and O–H groups in total. The van der Waals surface area contributed by atoms with E-state index >= 15 is 0 Å². The second-order valence-corrected chi connectivity index (χ2v) is 4.60. The van der Waals surface area contributed by atoms with Crippen molar-refractivity contribution in [3.05, 3.63) is 58.3 Å². The average Bonchev–Trinajstić information content (AvgIpc) is 3.01. The molecule has 0 aliphatic carbocycles. The van der Waals surface area contributed by atoms with Gasteiger partial charge in [0.25, 0.3) is 5.91 Å². The van der Waals surface area contributed by atoms with E-state index < -0.39 is 5.97 Å². The molecule has 0 bridgehead atoms. The van der Waals surface area contributed by atoms with E-state index in [0.29, 0.717) is 11.1 Å².